The Labute approximate surface area is 60.0 Å². The molecule has 0 amide bonds. The molecule has 3 N–H and O–H groups in total. The molecule has 0 radical (unpaired) electrons. The average molecular weight is 144 g/mol. The Balaban J connectivity index is 3.56. The monoisotopic (exact) mass is 144 g/mol. The highest BCUT2D eigenvalue weighted by molar-refractivity contribution is 7.99. The van der Waals surface area contributed by atoms with E-state index >= 15 is 0 Å². The Morgan fingerprint density at radius 3 is 2.67 bits per heavy atom. The number of hydrogen-bond acceptors (Lipinski definition) is 3. The Morgan fingerprint density at radius 2 is 2.33 bits per heavy atom. The van der Waals surface area contributed by atoms with Crippen molar-refractivity contribution in [3.05, 3.63) is 12.2 Å². The molecule has 52 valence electrons. The topological polar surface area (TPSA) is 49.9 Å². The fourth-order valence-corrected chi connectivity index (χ4v) is 0.553. The van der Waals surface area contributed by atoms with E-state index in [1.54, 1.807) is 24.8 Å². The van der Waals surface area contributed by atoms with Crippen molar-refractivity contribution in [2.45, 2.75) is 12.3 Å². The van der Waals surface area contributed by atoms with E-state index in [9.17, 15) is 0 Å². The van der Waals surface area contributed by atoms with Crippen LogP contribution >= 0.6 is 11.8 Å². The minimum Gasteiger partial charge on any atom is -0.316 e. The summed E-state index contributed by atoms with van der Waals surface area (Å²) in [5, 5.41) is 7.04. The van der Waals surface area contributed by atoms with E-state index in [4.69, 9.17) is 11.1 Å². The molecule has 1 atom stereocenters. The number of nitrogens with one attached hydrogen (secondary N) is 1. The molecule has 0 heterocycles. The lowest BCUT2D eigenvalue weighted by Gasteiger charge is -1.97. The summed E-state index contributed by atoms with van der Waals surface area (Å²) >= 11 is 1.56. The maximum atomic E-state index is 7.01. The number of nitrogens with two attached hydrogens (primary N) is 1. The molecule has 0 aliphatic heterocycles. The highest BCUT2D eigenvalue weighted by Crippen LogP contribution is 1.99. The molecule has 0 bridgehead atoms. The molecule has 0 aromatic rings. The Morgan fingerprint density at radius 1 is 1.78 bits per heavy atom. The number of rotatable bonds is 3. The van der Waals surface area contributed by atoms with Crippen LogP contribution in [-0.4, -0.2) is 17.3 Å². The normalized spacial score (nSPS) is 14.1. The van der Waals surface area contributed by atoms with Crippen molar-refractivity contribution in [1.29, 1.82) is 5.41 Å². The molecule has 0 spiro atoms. The first-order valence-electron chi connectivity index (χ1n) is 2.68. The van der Waals surface area contributed by atoms with Gasteiger partial charge in [0.25, 0.3) is 0 Å². The Bertz CT molecular complexity index is 120. The summed E-state index contributed by atoms with van der Waals surface area (Å²) in [6.07, 6.45) is 5.46. The van der Waals surface area contributed by atoms with Crippen LogP contribution in [0.15, 0.2) is 12.2 Å². The van der Waals surface area contributed by atoms with E-state index in [2.05, 4.69) is 0 Å². The predicted molar refractivity (Wildman–Crippen MR) is 44.0 cm³/mol. The zero-order valence-corrected chi connectivity index (χ0v) is 6.53. The zero-order valence-electron chi connectivity index (χ0n) is 5.72. The van der Waals surface area contributed by atoms with E-state index < -0.39 is 0 Å². The second-order valence-corrected chi connectivity index (χ2v) is 2.76. The van der Waals surface area contributed by atoms with Gasteiger partial charge in [-0.25, -0.2) is 0 Å². The van der Waals surface area contributed by atoms with Gasteiger partial charge in [0.15, 0.2) is 0 Å². The number of allylic oxidation sites excluding steroid dienone is 1. The van der Waals surface area contributed by atoms with E-state index in [0.717, 1.165) is 0 Å². The van der Waals surface area contributed by atoms with Crippen LogP contribution < -0.4 is 5.73 Å². The number of hydrogen-bond donors (Lipinski definition) is 2. The van der Waals surface area contributed by atoms with Gasteiger partial charge in [0.1, 0.15) is 0 Å². The van der Waals surface area contributed by atoms with Crippen LogP contribution in [0.4, 0.5) is 0 Å². The summed E-state index contributed by atoms with van der Waals surface area (Å²) in [7, 11) is 0. The van der Waals surface area contributed by atoms with Gasteiger partial charge in [-0.2, -0.15) is 0 Å². The first-order chi connectivity index (χ1) is 4.16. The van der Waals surface area contributed by atoms with Crippen LogP contribution in [0, 0.1) is 5.41 Å². The molecule has 3 heteroatoms. The summed E-state index contributed by atoms with van der Waals surface area (Å²) in [6.45, 7) is 1.73. The van der Waals surface area contributed by atoms with E-state index in [1.165, 1.54) is 0 Å². The highest BCUT2D eigenvalue weighted by atomic mass is 32.2. The third-order valence-corrected chi connectivity index (χ3v) is 1.51. The molecule has 0 aliphatic rings. The molecule has 0 saturated heterocycles. The third kappa shape index (κ3) is 5.59. The fourth-order valence-electron chi connectivity index (χ4n) is 0.318. The number of thioether (sulfide) groups is 1. The van der Waals surface area contributed by atoms with E-state index in [0.29, 0.717) is 5.71 Å². The second-order valence-electron chi connectivity index (χ2n) is 1.74. The highest BCUT2D eigenvalue weighted by Gasteiger charge is 1.89. The van der Waals surface area contributed by atoms with Crippen LogP contribution in [0.25, 0.3) is 0 Å². The molecule has 0 aromatic carbocycles. The van der Waals surface area contributed by atoms with Crippen molar-refractivity contribution in [1.82, 2.24) is 0 Å². The van der Waals surface area contributed by atoms with Crippen LogP contribution in [0.3, 0.4) is 0 Å². The summed E-state index contributed by atoms with van der Waals surface area (Å²) < 4.78 is 0. The van der Waals surface area contributed by atoms with Crippen molar-refractivity contribution in [3.8, 4) is 0 Å². The summed E-state index contributed by atoms with van der Waals surface area (Å²) in [6, 6.07) is 0. The molecule has 0 fully saturated rings. The van der Waals surface area contributed by atoms with Crippen LogP contribution in [0.1, 0.15) is 6.92 Å². The van der Waals surface area contributed by atoms with Crippen molar-refractivity contribution in [2.75, 3.05) is 6.26 Å². The van der Waals surface area contributed by atoms with E-state index in [-0.39, 0.29) is 5.37 Å². The van der Waals surface area contributed by atoms with Gasteiger partial charge in [0.2, 0.25) is 0 Å². The molecular weight excluding hydrogens is 132 g/mol. The summed E-state index contributed by atoms with van der Waals surface area (Å²) in [5.74, 6) is 0. The van der Waals surface area contributed by atoms with Gasteiger partial charge >= 0.3 is 0 Å². The van der Waals surface area contributed by atoms with Gasteiger partial charge in [-0.1, -0.05) is 6.08 Å². The van der Waals surface area contributed by atoms with Gasteiger partial charge in [0.05, 0.1) is 5.37 Å². The van der Waals surface area contributed by atoms with Gasteiger partial charge in [-0.15, -0.1) is 11.8 Å². The molecule has 0 saturated carbocycles. The quantitative estimate of drug-likeness (QED) is 0.462. The molecule has 1 unspecified atom stereocenters. The fraction of sp³-hybridized carbons (Fsp3) is 0.500. The van der Waals surface area contributed by atoms with Gasteiger partial charge in [-0.3, -0.25) is 0 Å². The lowest BCUT2D eigenvalue weighted by Crippen LogP contribution is -2.10. The minimum atomic E-state index is 0.0327. The lowest BCUT2D eigenvalue weighted by molar-refractivity contribution is 1.17. The summed E-state index contributed by atoms with van der Waals surface area (Å²) in [4.78, 5) is 0. The van der Waals surface area contributed by atoms with Gasteiger partial charge in [0, 0.05) is 5.71 Å². The molecule has 0 rings (SSSR count). The summed E-state index contributed by atoms with van der Waals surface area (Å²) in [5.41, 5.74) is 6.04. The largest absolute Gasteiger partial charge is 0.316 e. The zero-order chi connectivity index (χ0) is 7.28. The maximum Gasteiger partial charge on any atom is 0.0695 e. The predicted octanol–water partition coefficient (Wildman–Crippen LogP) is 1.23. The van der Waals surface area contributed by atoms with Crippen LogP contribution in [0.5, 0.6) is 0 Å². The van der Waals surface area contributed by atoms with Crippen molar-refractivity contribution < 1.29 is 0 Å². The van der Waals surface area contributed by atoms with Crippen LogP contribution in [0.2, 0.25) is 0 Å². The van der Waals surface area contributed by atoms with Crippen molar-refractivity contribution in [2.24, 2.45) is 5.73 Å². The molecule has 9 heavy (non-hydrogen) atoms. The molecule has 0 aromatic heterocycles. The van der Waals surface area contributed by atoms with Crippen LogP contribution in [-0.2, 0) is 0 Å². The second kappa shape index (κ2) is 4.58. The Kier molecular flexibility index (Phi) is 4.44. The molecular formula is C6H12N2S. The maximum absolute atomic E-state index is 7.01. The van der Waals surface area contributed by atoms with Gasteiger partial charge in [-0.05, 0) is 19.3 Å². The SMILES string of the molecule is CSC(N)/C=C\C(C)=N. The van der Waals surface area contributed by atoms with Gasteiger partial charge < -0.3 is 11.1 Å². The first-order valence-corrected chi connectivity index (χ1v) is 3.97. The standard InChI is InChI=1S/C6H12N2S/c1-5(7)3-4-6(8)9-2/h3-4,6-7H,8H2,1-2H3/b4-3-,7-5?. The smallest absolute Gasteiger partial charge is 0.0695 e. The van der Waals surface area contributed by atoms with E-state index in [1.807, 2.05) is 12.3 Å². The average Bonchev–Trinajstić information content (AvgIpc) is 1.83. The lowest BCUT2D eigenvalue weighted by atomic mass is 10.4. The molecule has 0 aliphatic carbocycles. The van der Waals surface area contributed by atoms with Crippen molar-refractivity contribution in [3.63, 3.8) is 0 Å². The third-order valence-electron chi connectivity index (χ3n) is 0.808. The Hall–Kier alpha value is -0.280. The molecule has 2 nitrogen and oxygen atoms in total. The minimum absolute atomic E-state index is 0.0327. The van der Waals surface area contributed by atoms with Crippen molar-refractivity contribution >= 4 is 17.5 Å². The first kappa shape index (κ1) is 8.72.